The summed E-state index contributed by atoms with van der Waals surface area (Å²) in [7, 11) is 0. The molecule has 0 aromatic carbocycles. The molecule has 0 radical (unpaired) electrons. The Morgan fingerprint density at radius 1 is 1.12 bits per heavy atom. The van der Waals surface area contributed by atoms with Crippen molar-refractivity contribution in [3.8, 4) is 0 Å². The number of hydrogen-bond acceptors (Lipinski definition) is 6. The molecule has 3 heterocycles. The first-order valence-electron chi connectivity index (χ1n) is 9.14. The smallest absolute Gasteiger partial charge is 0.267 e. The zero-order valence-corrected chi connectivity index (χ0v) is 14.8. The maximum Gasteiger partial charge on any atom is 0.267 e. The predicted octanol–water partition coefficient (Wildman–Crippen LogP) is 0.846. The van der Waals surface area contributed by atoms with Crippen LogP contribution < -0.4 is 5.56 Å². The fourth-order valence-corrected chi connectivity index (χ4v) is 3.72. The van der Waals surface area contributed by atoms with Gasteiger partial charge in [-0.3, -0.25) is 14.6 Å². The summed E-state index contributed by atoms with van der Waals surface area (Å²) >= 11 is 0. The van der Waals surface area contributed by atoms with Crippen LogP contribution in [0.5, 0.6) is 0 Å². The third kappa shape index (κ3) is 3.67. The van der Waals surface area contributed by atoms with E-state index in [-0.39, 0.29) is 5.56 Å². The van der Waals surface area contributed by atoms with Gasteiger partial charge in [-0.25, -0.2) is 4.68 Å². The van der Waals surface area contributed by atoms with Crippen LogP contribution in [0.4, 0.5) is 0 Å². The summed E-state index contributed by atoms with van der Waals surface area (Å²) in [5.74, 6) is 0.907. The van der Waals surface area contributed by atoms with Gasteiger partial charge in [0.15, 0.2) is 0 Å². The van der Waals surface area contributed by atoms with E-state index < -0.39 is 0 Å². The molecule has 1 aliphatic heterocycles. The van der Waals surface area contributed by atoms with Crippen LogP contribution in [-0.2, 0) is 25.9 Å². The molecule has 1 aliphatic carbocycles. The summed E-state index contributed by atoms with van der Waals surface area (Å²) in [4.78, 5) is 17.0. The van der Waals surface area contributed by atoms with Gasteiger partial charge in [0.2, 0.25) is 0 Å². The number of hydrogen-bond donors (Lipinski definition) is 0. The van der Waals surface area contributed by atoms with Crippen molar-refractivity contribution in [1.82, 2.24) is 24.7 Å². The lowest BCUT2D eigenvalue weighted by Crippen LogP contribution is -2.47. The molecule has 4 rings (SSSR count). The molecule has 2 aromatic heterocycles. The third-order valence-electron chi connectivity index (χ3n) is 5.36. The molecule has 0 amide bonds. The predicted molar refractivity (Wildman–Crippen MR) is 93.5 cm³/mol. The van der Waals surface area contributed by atoms with Gasteiger partial charge in [0, 0.05) is 50.9 Å². The largest absolute Gasteiger partial charge is 0.361 e. The topological polar surface area (TPSA) is 67.4 Å². The zero-order chi connectivity index (χ0) is 17.2. The minimum atomic E-state index is 0.0437. The summed E-state index contributed by atoms with van der Waals surface area (Å²) in [5, 5.41) is 8.41. The average molecular weight is 343 g/mol. The molecule has 1 fully saturated rings. The lowest BCUT2D eigenvalue weighted by Gasteiger charge is -2.34. The monoisotopic (exact) mass is 343 g/mol. The van der Waals surface area contributed by atoms with Crippen molar-refractivity contribution < 1.29 is 4.52 Å². The van der Waals surface area contributed by atoms with Crippen molar-refractivity contribution in [2.75, 3.05) is 32.7 Å². The van der Waals surface area contributed by atoms with Crippen LogP contribution in [0.2, 0.25) is 0 Å². The first kappa shape index (κ1) is 16.5. The molecule has 0 unspecified atom stereocenters. The highest BCUT2D eigenvalue weighted by atomic mass is 16.5. The molecule has 0 N–H and O–H groups in total. The summed E-state index contributed by atoms with van der Waals surface area (Å²) < 4.78 is 6.78. The molecule has 2 aliphatic rings. The van der Waals surface area contributed by atoms with Crippen LogP contribution in [0.15, 0.2) is 21.6 Å². The number of piperazine rings is 1. The summed E-state index contributed by atoms with van der Waals surface area (Å²) in [6.45, 7) is 8.50. The Morgan fingerprint density at radius 2 is 1.92 bits per heavy atom. The Morgan fingerprint density at radius 3 is 2.68 bits per heavy atom. The minimum absolute atomic E-state index is 0.0437. The zero-order valence-electron chi connectivity index (χ0n) is 14.8. The van der Waals surface area contributed by atoms with Crippen LogP contribution in [-0.4, -0.2) is 57.5 Å². The molecule has 25 heavy (non-hydrogen) atoms. The molecular formula is C18H25N5O2. The van der Waals surface area contributed by atoms with Gasteiger partial charge < -0.3 is 4.52 Å². The quantitative estimate of drug-likeness (QED) is 0.802. The number of aryl methyl sites for hydroxylation is 3. The Bertz CT molecular complexity index is 789. The van der Waals surface area contributed by atoms with Crippen LogP contribution in [0.25, 0.3) is 0 Å². The van der Waals surface area contributed by atoms with Crippen LogP contribution in [0, 0.1) is 6.92 Å². The van der Waals surface area contributed by atoms with Gasteiger partial charge >= 0.3 is 0 Å². The van der Waals surface area contributed by atoms with Gasteiger partial charge in [-0.15, -0.1) is 0 Å². The Labute approximate surface area is 147 Å². The minimum Gasteiger partial charge on any atom is -0.361 e. The molecule has 0 bridgehead atoms. The first-order chi connectivity index (χ1) is 12.2. The van der Waals surface area contributed by atoms with Gasteiger partial charge in [-0.2, -0.15) is 5.10 Å². The molecule has 1 saturated heterocycles. The van der Waals surface area contributed by atoms with Crippen molar-refractivity contribution in [2.45, 2.75) is 39.3 Å². The molecule has 2 aromatic rings. The van der Waals surface area contributed by atoms with Gasteiger partial charge in [-0.05, 0) is 31.7 Å². The maximum absolute atomic E-state index is 12.2. The lowest BCUT2D eigenvalue weighted by atomic mass is 10.2. The second-order valence-corrected chi connectivity index (χ2v) is 7.06. The average Bonchev–Trinajstić information content (AvgIpc) is 3.23. The Kier molecular flexibility index (Phi) is 4.67. The van der Waals surface area contributed by atoms with Crippen LogP contribution in [0.1, 0.15) is 29.0 Å². The molecule has 134 valence electrons. The van der Waals surface area contributed by atoms with Crippen molar-refractivity contribution in [2.24, 2.45) is 0 Å². The van der Waals surface area contributed by atoms with Crippen molar-refractivity contribution in [3.05, 3.63) is 45.2 Å². The van der Waals surface area contributed by atoms with E-state index in [1.807, 2.05) is 13.1 Å². The van der Waals surface area contributed by atoms with E-state index >= 15 is 0 Å². The Hall–Kier alpha value is -1.99. The SMILES string of the molecule is Cc1oncc1CN1CCN(CCn2nc3c(cc2=O)CCC3)CC1. The van der Waals surface area contributed by atoms with E-state index in [4.69, 9.17) is 4.52 Å². The number of nitrogens with zero attached hydrogens (tertiary/aromatic N) is 5. The van der Waals surface area contributed by atoms with Crippen molar-refractivity contribution in [3.63, 3.8) is 0 Å². The highest BCUT2D eigenvalue weighted by molar-refractivity contribution is 5.22. The van der Waals surface area contributed by atoms with E-state index in [0.717, 1.165) is 75.5 Å². The molecule has 7 heteroatoms. The summed E-state index contributed by atoms with van der Waals surface area (Å²) in [5.41, 5.74) is 3.48. The number of aromatic nitrogens is 3. The van der Waals surface area contributed by atoms with E-state index in [1.165, 1.54) is 5.56 Å². The molecule has 0 atom stereocenters. The highest BCUT2D eigenvalue weighted by Gasteiger charge is 2.19. The first-order valence-corrected chi connectivity index (χ1v) is 9.14. The van der Waals surface area contributed by atoms with Crippen LogP contribution in [0.3, 0.4) is 0 Å². The lowest BCUT2D eigenvalue weighted by molar-refractivity contribution is 0.122. The highest BCUT2D eigenvalue weighted by Crippen LogP contribution is 2.17. The molecule has 7 nitrogen and oxygen atoms in total. The van der Waals surface area contributed by atoms with Gasteiger partial charge in [0.25, 0.3) is 5.56 Å². The molecule has 0 saturated carbocycles. The maximum atomic E-state index is 12.2. The summed E-state index contributed by atoms with van der Waals surface area (Å²) in [6, 6.07) is 1.79. The van der Waals surface area contributed by atoms with Crippen molar-refractivity contribution >= 4 is 0 Å². The van der Waals surface area contributed by atoms with Gasteiger partial charge in [-0.1, -0.05) is 5.16 Å². The van der Waals surface area contributed by atoms with E-state index in [9.17, 15) is 4.79 Å². The van der Waals surface area contributed by atoms with Crippen LogP contribution >= 0.6 is 0 Å². The van der Waals surface area contributed by atoms with Crippen molar-refractivity contribution in [1.29, 1.82) is 0 Å². The third-order valence-corrected chi connectivity index (χ3v) is 5.36. The van der Waals surface area contributed by atoms with E-state index in [2.05, 4.69) is 20.1 Å². The van der Waals surface area contributed by atoms with E-state index in [1.54, 1.807) is 10.7 Å². The molecular weight excluding hydrogens is 318 g/mol. The number of rotatable bonds is 5. The number of fused-ring (bicyclic) bond motifs is 1. The van der Waals surface area contributed by atoms with E-state index in [0.29, 0.717) is 6.54 Å². The second kappa shape index (κ2) is 7.09. The Balaban J connectivity index is 1.28. The normalized spacial score (nSPS) is 18.6. The standard InChI is InChI=1S/C18H25N5O2/c1-14-16(12-19-25-14)13-22-7-5-21(6-8-22)9-10-23-18(24)11-15-3-2-4-17(15)20-23/h11-12H,2-10,13H2,1H3. The fourth-order valence-electron chi connectivity index (χ4n) is 3.72. The molecule has 0 spiro atoms. The van der Waals surface area contributed by atoms with Gasteiger partial charge in [0.1, 0.15) is 5.76 Å². The van der Waals surface area contributed by atoms with Gasteiger partial charge in [0.05, 0.1) is 18.4 Å². The fraction of sp³-hybridized carbons (Fsp3) is 0.611. The summed E-state index contributed by atoms with van der Waals surface area (Å²) in [6.07, 6.45) is 4.95. The second-order valence-electron chi connectivity index (χ2n) is 7.06.